The number of hydrogen-bond acceptors (Lipinski definition) is 4. The fourth-order valence-corrected chi connectivity index (χ4v) is 4.78. The van der Waals surface area contributed by atoms with Crippen LogP contribution < -0.4 is 4.74 Å². The van der Waals surface area contributed by atoms with E-state index < -0.39 is 11.6 Å². The van der Waals surface area contributed by atoms with Gasteiger partial charge >= 0.3 is 0 Å². The van der Waals surface area contributed by atoms with Gasteiger partial charge in [-0.3, -0.25) is 9.59 Å². The Labute approximate surface area is 200 Å². The minimum Gasteiger partial charge on any atom is -0.496 e. The van der Waals surface area contributed by atoms with Crippen molar-refractivity contribution in [1.82, 2.24) is 14.5 Å². The summed E-state index contributed by atoms with van der Waals surface area (Å²) < 4.78 is 34.9. The Morgan fingerprint density at radius 1 is 1.11 bits per heavy atom. The fourth-order valence-electron chi connectivity index (χ4n) is 4.78. The summed E-state index contributed by atoms with van der Waals surface area (Å²) in [4.78, 5) is 30.7. The zero-order valence-electron chi connectivity index (χ0n) is 19.1. The van der Waals surface area contributed by atoms with E-state index in [-0.39, 0.29) is 18.9 Å². The number of hydrogen-bond donors (Lipinski definition) is 0. The first-order valence-corrected chi connectivity index (χ1v) is 11.3. The molecule has 1 aliphatic heterocycles. The highest BCUT2D eigenvalue weighted by atomic mass is 19.1. The third-order valence-electron chi connectivity index (χ3n) is 6.41. The maximum Gasteiger partial charge on any atom is 0.227 e. The van der Waals surface area contributed by atoms with Crippen LogP contribution in [0.2, 0.25) is 0 Å². The van der Waals surface area contributed by atoms with Crippen molar-refractivity contribution >= 4 is 23.2 Å². The number of ether oxygens (including phenoxy) is 1. The predicted molar refractivity (Wildman–Crippen MR) is 126 cm³/mol. The Balaban J connectivity index is 1.45. The topological polar surface area (TPSA) is 64.4 Å². The summed E-state index contributed by atoms with van der Waals surface area (Å²) in [5.41, 5.74) is 4.41. The van der Waals surface area contributed by atoms with Crippen molar-refractivity contribution in [3.05, 3.63) is 94.3 Å². The van der Waals surface area contributed by atoms with Crippen LogP contribution >= 0.6 is 0 Å². The highest BCUT2D eigenvalue weighted by Gasteiger charge is 2.27. The molecule has 1 amide bonds. The Hall–Kier alpha value is -4.07. The quantitative estimate of drug-likeness (QED) is 0.390. The van der Waals surface area contributed by atoms with Crippen LogP contribution in [0.25, 0.3) is 11.0 Å². The molecular formula is C27H23F2N3O3. The zero-order chi connectivity index (χ0) is 24.5. The van der Waals surface area contributed by atoms with Crippen LogP contribution in [0.4, 0.5) is 8.78 Å². The van der Waals surface area contributed by atoms with Crippen molar-refractivity contribution in [1.29, 1.82) is 0 Å². The third kappa shape index (κ3) is 4.39. The summed E-state index contributed by atoms with van der Waals surface area (Å²) in [7, 11) is 1.48. The van der Waals surface area contributed by atoms with Gasteiger partial charge in [0.25, 0.3) is 0 Å². The number of pyridine rings is 1. The summed E-state index contributed by atoms with van der Waals surface area (Å²) >= 11 is 0. The summed E-state index contributed by atoms with van der Waals surface area (Å²) in [5.74, 6) is -0.893. The monoisotopic (exact) mass is 475 g/mol. The molecule has 0 aliphatic carbocycles. The number of benzene rings is 2. The van der Waals surface area contributed by atoms with Crippen LogP contribution in [0.3, 0.4) is 0 Å². The van der Waals surface area contributed by atoms with Crippen molar-refractivity contribution in [3.63, 3.8) is 0 Å². The lowest BCUT2D eigenvalue weighted by atomic mass is 10.0. The van der Waals surface area contributed by atoms with E-state index in [4.69, 9.17) is 4.74 Å². The molecule has 6 nitrogen and oxygen atoms in total. The number of methoxy groups -OCH3 is 1. The molecule has 0 atom stereocenters. The average Bonchev–Trinajstić information content (AvgIpc) is 3.16. The number of fused-ring (bicyclic) bond motifs is 3. The third-order valence-corrected chi connectivity index (χ3v) is 6.41. The van der Waals surface area contributed by atoms with Gasteiger partial charge in [-0.2, -0.15) is 0 Å². The number of aromatic nitrogens is 2. The first-order valence-electron chi connectivity index (χ1n) is 11.3. The highest BCUT2D eigenvalue weighted by molar-refractivity contribution is 5.85. The molecule has 2 aromatic heterocycles. The van der Waals surface area contributed by atoms with Crippen molar-refractivity contribution < 1.29 is 23.1 Å². The van der Waals surface area contributed by atoms with Crippen LogP contribution in [0.5, 0.6) is 5.75 Å². The van der Waals surface area contributed by atoms with Gasteiger partial charge in [0, 0.05) is 36.4 Å². The van der Waals surface area contributed by atoms with Crippen molar-refractivity contribution in [3.8, 4) is 5.75 Å². The number of aldehydes is 1. The summed E-state index contributed by atoms with van der Waals surface area (Å²) in [5, 5.41) is 0.987. The number of halogens is 2. The van der Waals surface area contributed by atoms with Crippen LogP contribution in [0.15, 0.2) is 54.7 Å². The standard InChI is InChI=1S/C27H23F2N3O3/c1-35-25-11-17(4-5-19(25)16-33)12-26(34)31-8-6-22-23-3-2-7-30-27(23)32(24(22)15-31)14-18-9-20(28)13-21(29)10-18/h2-5,7,9-11,13,16H,6,8,12,14-15H2,1H3. The second-order valence-electron chi connectivity index (χ2n) is 8.60. The number of amides is 1. The molecular weight excluding hydrogens is 452 g/mol. The SMILES string of the molecule is COc1cc(CC(=O)N2CCc3c(n(Cc4cc(F)cc(F)c4)c4ncccc34)C2)ccc1C=O. The average molecular weight is 475 g/mol. The van der Waals surface area contributed by atoms with Gasteiger partial charge < -0.3 is 14.2 Å². The molecule has 0 spiro atoms. The van der Waals surface area contributed by atoms with E-state index in [2.05, 4.69) is 4.98 Å². The van der Waals surface area contributed by atoms with Gasteiger partial charge in [-0.25, -0.2) is 13.8 Å². The molecule has 8 heteroatoms. The van der Waals surface area contributed by atoms with Gasteiger partial charge in [-0.1, -0.05) is 6.07 Å². The predicted octanol–water partition coefficient (Wildman–Crippen LogP) is 4.31. The van der Waals surface area contributed by atoms with E-state index in [1.54, 1.807) is 29.3 Å². The maximum atomic E-state index is 13.8. The van der Waals surface area contributed by atoms with Crippen molar-refractivity contribution in [2.75, 3.05) is 13.7 Å². The van der Waals surface area contributed by atoms with Gasteiger partial charge in [-0.15, -0.1) is 0 Å². The van der Waals surface area contributed by atoms with E-state index in [0.717, 1.165) is 33.9 Å². The molecule has 0 bridgehead atoms. The smallest absolute Gasteiger partial charge is 0.227 e. The molecule has 3 heterocycles. The first kappa shape index (κ1) is 22.7. The molecule has 35 heavy (non-hydrogen) atoms. The lowest BCUT2D eigenvalue weighted by Gasteiger charge is -2.29. The van der Waals surface area contributed by atoms with Crippen molar-refractivity contribution in [2.45, 2.75) is 25.9 Å². The van der Waals surface area contributed by atoms with Gasteiger partial charge in [0.2, 0.25) is 5.91 Å². The van der Waals surface area contributed by atoms with Gasteiger partial charge in [0.1, 0.15) is 23.0 Å². The molecule has 0 N–H and O–H groups in total. The Morgan fingerprint density at radius 3 is 2.66 bits per heavy atom. The van der Waals surface area contributed by atoms with E-state index in [9.17, 15) is 18.4 Å². The van der Waals surface area contributed by atoms with E-state index >= 15 is 0 Å². The minimum atomic E-state index is -0.633. The Morgan fingerprint density at radius 2 is 1.91 bits per heavy atom. The van der Waals surface area contributed by atoms with Crippen LogP contribution in [0.1, 0.15) is 32.7 Å². The van der Waals surface area contributed by atoms with Crippen LogP contribution in [-0.2, 0) is 30.7 Å². The number of nitrogens with zero attached hydrogens (tertiary/aromatic N) is 3. The lowest BCUT2D eigenvalue weighted by Crippen LogP contribution is -2.37. The molecule has 0 saturated carbocycles. The molecule has 0 fully saturated rings. The lowest BCUT2D eigenvalue weighted by molar-refractivity contribution is -0.131. The Kier molecular flexibility index (Phi) is 6.03. The molecule has 4 aromatic rings. The van der Waals surface area contributed by atoms with E-state index in [0.29, 0.717) is 42.7 Å². The van der Waals surface area contributed by atoms with Crippen LogP contribution in [-0.4, -0.2) is 40.3 Å². The Bertz CT molecular complexity index is 1430. The molecule has 178 valence electrons. The summed E-state index contributed by atoms with van der Waals surface area (Å²) in [6.07, 6.45) is 3.23. The van der Waals surface area contributed by atoms with Crippen LogP contribution in [0, 0.1) is 11.6 Å². The second-order valence-corrected chi connectivity index (χ2v) is 8.60. The normalized spacial score (nSPS) is 13.1. The van der Waals surface area contributed by atoms with E-state index in [1.807, 2.05) is 16.7 Å². The number of carbonyl (C=O) groups excluding carboxylic acids is 2. The number of rotatable bonds is 6. The largest absolute Gasteiger partial charge is 0.496 e. The molecule has 5 rings (SSSR count). The maximum absolute atomic E-state index is 13.8. The molecule has 2 aromatic carbocycles. The van der Waals surface area contributed by atoms with E-state index in [1.165, 1.54) is 19.2 Å². The summed E-state index contributed by atoms with van der Waals surface area (Å²) in [6, 6.07) is 12.4. The first-order chi connectivity index (χ1) is 17.0. The van der Waals surface area contributed by atoms with Gasteiger partial charge in [0.15, 0.2) is 6.29 Å². The molecule has 0 unspecified atom stereocenters. The molecule has 0 radical (unpaired) electrons. The van der Waals surface area contributed by atoms with Crippen molar-refractivity contribution in [2.24, 2.45) is 0 Å². The zero-order valence-corrected chi connectivity index (χ0v) is 19.1. The summed E-state index contributed by atoms with van der Waals surface area (Å²) in [6.45, 7) is 1.16. The second kappa shape index (κ2) is 9.29. The highest BCUT2D eigenvalue weighted by Crippen LogP contribution is 2.31. The fraction of sp³-hybridized carbons (Fsp3) is 0.222. The van der Waals surface area contributed by atoms with Gasteiger partial charge in [-0.05, 0) is 59.5 Å². The number of carbonyl (C=O) groups is 2. The van der Waals surface area contributed by atoms with Gasteiger partial charge in [0.05, 0.1) is 25.6 Å². The molecule has 0 saturated heterocycles. The molecule has 1 aliphatic rings. The minimum absolute atomic E-state index is 0.0573.